The van der Waals surface area contributed by atoms with Gasteiger partial charge >= 0.3 is 24.3 Å². The van der Waals surface area contributed by atoms with Gasteiger partial charge < -0.3 is 46.1 Å². The SMILES string of the molecule is CC(C)[C@H](NC(=O)OCC1c2ccccc2-c2ccccc21)C(=O)N[C@@H](CCCN)C(=O)N(C(N)=O)c1ccc(COC(=O)N(C)CCN(C)C(=O)OC(C)(C)c2ccc(-c3ccccc3)cc2)cc1. The lowest BCUT2D eigenvalue weighted by Gasteiger charge is -2.29. The molecule has 0 saturated carbocycles. The van der Waals surface area contributed by atoms with E-state index in [2.05, 4.69) is 10.6 Å². The quantitative estimate of drug-likeness (QED) is 0.0583. The fraction of sp³-hybridized carbons (Fsp3) is 0.333. The van der Waals surface area contributed by atoms with E-state index in [9.17, 15) is 28.8 Å². The summed E-state index contributed by atoms with van der Waals surface area (Å²) >= 11 is 0. The number of anilines is 1. The summed E-state index contributed by atoms with van der Waals surface area (Å²) in [6.45, 7) is 7.51. The molecule has 7 amide bonds. The molecule has 0 heterocycles. The van der Waals surface area contributed by atoms with E-state index >= 15 is 0 Å². The number of amides is 7. The zero-order valence-electron chi connectivity index (χ0n) is 40.6. The molecule has 0 aliphatic heterocycles. The predicted octanol–water partition coefficient (Wildman–Crippen LogP) is 8.12. The van der Waals surface area contributed by atoms with Crippen LogP contribution in [0.2, 0.25) is 0 Å². The molecule has 6 rings (SSSR count). The molecule has 0 bridgehead atoms. The number of fused-ring (bicyclic) bond motifs is 3. The number of alkyl carbamates (subject to hydrolysis) is 1. The van der Waals surface area contributed by atoms with Crippen molar-refractivity contribution in [3.63, 3.8) is 0 Å². The predicted molar refractivity (Wildman–Crippen MR) is 267 cm³/mol. The summed E-state index contributed by atoms with van der Waals surface area (Å²) in [7, 11) is 3.13. The fourth-order valence-corrected chi connectivity index (χ4v) is 8.19. The molecule has 1 aliphatic rings. The van der Waals surface area contributed by atoms with Gasteiger partial charge in [-0.3, -0.25) is 9.59 Å². The summed E-state index contributed by atoms with van der Waals surface area (Å²) in [5.41, 5.74) is 18.5. The molecule has 1 aliphatic carbocycles. The fourth-order valence-electron chi connectivity index (χ4n) is 8.19. The Bertz CT molecular complexity index is 2580. The Labute approximate surface area is 409 Å². The lowest BCUT2D eigenvalue weighted by atomic mass is 9.95. The zero-order valence-corrected chi connectivity index (χ0v) is 40.6. The highest BCUT2D eigenvalue weighted by atomic mass is 16.6. The summed E-state index contributed by atoms with van der Waals surface area (Å²) in [4.78, 5) is 83.4. The van der Waals surface area contributed by atoms with Gasteiger partial charge in [0.15, 0.2) is 0 Å². The van der Waals surface area contributed by atoms with Gasteiger partial charge in [0.25, 0.3) is 5.91 Å². The van der Waals surface area contributed by atoms with Crippen molar-refractivity contribution in [3.8, 4) is 22.3 Å². The molecule has 0 spiro atoms. The van der Waals surface area contributed by atoms with Crippen LogP contribution < -0.4 is 27.0 Å². The number of nitrogens with one attached hydrogen (secondary N) is 2. The van der Waals surface area contributed by atoms with Crippen LogP contribution >= 0.6 is 0 Å². The van der Waals surface area contributed by atoms with Crippen LogP contribution in [-0.2, 0) is 36.0 Å². The highest BCUT2D eigenvalue weighted by Gasteiger charge is 2.35. The number of benzene rings is 5. The third-order valence-electron chi connectivity index (χ3n) is 12.3. The highest BCUT2D eigenvalue weighted by molar-refractivity contribution is 6.16. The van der Waals surface area contributed by atoms with E-state index in [-0.39, 0.29) is 50.9 Å². The van der Waals surface area contributed by atoms with Gasteiger partial charge in [0.05, 0.1) is 5.69 Å². The lowest BCUT2D eigenvalue weighted by molar-refractivity contribution is -0.129. The second-order valence-electron chi connectivity index (χ2n) is 18.1. The lowest BCUT2D eigenvalue weighted by Crippen LogP contribution is -2.57. The van der Waals surface area contributed by atoms with E-state index in [0.29, 0.717) is 12.0 Å². The highest BCUT2D eigenvalue weighted by Crippen LogP contribution is 2.44. The number of urea groups is 1. The van der Waals surface area contributed by atoms with Crippen LogP contribution in [0, 0.1) is 5.92 Å². The number of likely N-dealkylation sites (N-methyl/N-ethyl adjacent to an activating group) is 2. The molecule has 368 valence electrons. The van der Waals surface area contributed by atoms with Gasteiger partial charge in [-0.2, -0.15) is 0 Å². The monoisotopic (exact) mass is 953 g/mol. The van der Waals surface area contributed by atoms with E-state index in [4.69, 9.17) is 25.7 Å². The van der Waals surface area contributed by atoms with Crippen LogP contribution in [0.4, 0.5) is 24.9 Å². The molecule has 0 aromatic heterocycles. The summed E-state index contributed by atoms with van der Waals surface area (Å²) in [5.74, 6) is -2.08. The number of hydrogen-bond donors (Lipinski definition) is 4. The Morgan fingerprint density at radius 3 is 1.81 bits per heavy atom. The van der Waals surface area contributed by atoms with Gasteiger partial charge in [0.1, 0.15) is 30.9 Å². The van der Waals surface area contributed by atoms with Crippen LogP contribution in [0.1, 0.15) is 68.7 Å². The van der Waals surface area contributed by atoms with Crippen LogP contribution in [0.15, 0.2) is 127 Å². The molecular formula is C54H63N7O9. The van der Waals surface area contributed by atoms with Gasteiger partial charge in [0, 0.05) is 33.1 Å². The van der Waals surface area contributed by atoms with Crippen LogP contribution in [0.3, 0.4) is 0 Å². The Balaban J connectivity index is 0.990. The maximum atomic E-state index is 14.1. The Morgan fingerprint density at radius 2 is 1.24 bits per heavy atom. The van der Waals surface area contributed by atoms with Crippen LogP contribution in [0.5, 0.6) is 0 Å². The first-order valence-corrected chi connectivity index (χ1v) is 23.3. The number of imide groups is 1. The molecule has 0 radical (unpaired) electrons. The first kappa shape index (κ1) is 51.7. The minimum atomic E-state index is -1.24. The van der Waals surface area contributed by atoms with Crippen molar-refractivity contribution < 1.29 is 43.0 Å². The molecule has 2 atom stereocenters. The normalized spacial score (nSPS) is 12.7. The van der Waals surface area contributed by atoms with Gasteiger partial charge in [-0.15, -0.1) is 0 Å². The summed E-state index contributed by atoms with van der Waals surface area (Å²) in [6, 6.07) is 36.3. The van der Waals surface area contributed by atoms with Gasteiger partial charge in [-0.25, -0.2) is 24.1 Å². The Kier molecular flexibility index (Phi) is 17.4. The summed E-state index contributed by atoms with van der Waals surface area (Å²) < 4.78 is 17.1. The van der Waals surface area contributed by atoms with E-state index in [1.54, 1.807) is 40.1 Å². The third kappa shape index (κ3) is 12.9. The number of hydrogen-bond acceptors (Lipinski definition) is 10. The van der Waals surface area contributed by atoms with E-state index < -0.39 is 59.7 Å². The number of carbonyl (C=O) groups is 6. The maximum Gasteiger partial charge on any atom is 0.410 e. The minimum Gasteiger partial charge on any atom is -0.449 e. The number of ether oxygens (including phenoxy) is 3. The number of primary amides is 1. The van der Waals surface area contributed by atoms with Gasteiger partial charge in [-0.05, 0) is 95.8 Å². The first-order chi connectivity index (χ1) is 33.5. The van der Waals surface area contributed by atoms with E-state index in [1.165, 1.54) is 21.9 Å². The molecule has 16 heteroatoms. The molecule has 5 aromatic rings. The molecule has 0 unspecified atom stereocenters. The first-order valence-electron chi connectivity index (χ1n) is 23.3. The van der Waals surface area contributed by atoms with Crippen molar-refractivity contribution in [1.82, 2.24) is 20.4 Å². The molecule has 0 fully saturated rings. The third-order valence-corrected chi connectivity index (χ3v) is 12.3. The molecule has 5 aromatic carbocycles. The van der Waals surface area contributed by atoms with Crippen molar-refractivity contribution in [2.24, 2.45) is 17.4 Å². The maximum absolute atomic E-state index is 14.1. The zero-order chi connectivity index (χ0) is 50.5. The van der Waals surface area contributed by atoms with Crippen molar-refractivity contribution in [2.75, 3.05) is 45.2 Å². The van der Waals surface area contributed by atoms with E-state index in [1.807, 2.05) is 117 Å². The molecule has 0 saturated heterocycles. The van der Waals surface area contributed by atoms with Crippen molar-refractivity contribution in [2.45, 2.75) is 70.7 Å². The number of carbonyl (C=O) groups excluding carboxylic acids is 6. The van der Waals surface area contributed by atoms with Crippen molar-refractivity contribution in [1.29, 1.82) is 0 Å². The summed E-state index contributed by atoms with van der Waals surface area (Å²) in [6.07, 6.45) is -1.62. The molecule has 70 heavy (non-hydrogen) atoms. The number of nitrogens with two attached hydrogens (primary N) is 2. The van der Waals surface area contributed by atoms with Gasteiger partial charge in [0.2, 0.25) is 5.91 Å². The Morgan fingerprint density at radius 1 is 0.686 bits per heavy atom. The average molecular weight is 954 g/mol. The average Bonchev–Trinajstić information content (AvgIpc) is 3.68. The van der Waals surface area contributed by atoms with Crippen LogP contribution in [0.25, 0.3) is 22.3 Å². The summed E-state index contributed by atoms with van der Waals surface area (Å²) in [5, 5.41) is 5.38. The molecule has 6 N–H and O–H groups in total. The topological polar surface area (TPSA) is 216 Å². The smallest absolute Gasteiger partial charge is 0.410 e. The second-order valence-corrected chi connectivity index (χ2v) is 18.1. The van der Waals surface area contributed by atoms with Crippen molar-refractivity contribution in [3.05, 3.63) is 150 Å². The van der Waals surface area contributed by atoms with Crippen molar-refractivity contribution >= 4 is 41.8 Å². The largest absolute Gasteiger partial charge is 0.449 e. The standard InChI is InChI=1S/C54H63N7O9/c1-35(2)47(58-51(65)68-34-45-43-19-12-10-17-41(43)42-18-11-13-20-44(42)45)48(62)57-46(21-14-30-55)49(63)61(50(56)64)40-28-22-36(23-29-40)33-69-52(66)59(5)31-32-60(6)53(67)70-54(3,4)39-26-24-38(25-27-39)37-15-8-7-9-16-37/h7-13,15-20,22-29,35,45-47H,14,21,30-34,55H2,1-6H3,(H2,56,64)(H,57,62)(H,58,65)/t46-,47-/m0/s1. The second kappa shape index (κ2) is 23.5. The Hall–Kier alpha value is -7.72. The number of rotatable bonds is 19. The number of nitrogens with zero attached hydrogens (tertiary/aromatic N) is 3. The molecular weight excluding hydrogens is 891 g/mol. The van der Waals surface area contributed by atoms with Gasteiger partial charge in [-0.1, -0.05) is 129 Å². The van der Waals surface area contributed by atoms with E-state index in [0.717, 1.165) is 43.8 Å². The molecule has 16 nitrogen and oxygen atoms in total. The minimum absolute atomic E-state index is 0.0412. The van der Waals surface area contributed by atoms with Crippen LogP contribution in [-0.4, -0.2) is 98.3 Å².